The van der Waals surface area contributed by atoms with Crippen LogP contribution in [0.15, 0.2) is 59.0 Å². The van der Waals surface area contributed by atoms with Crippen LogP contribution in [0.4, 0.5) is 11.4 Å². The highest BCUT2D eigenvalue weighted by atomic mass is 16.6. The SMILES string of the molecule is CN(C(=O)CN1CCN(C(=O)c2cc3ccccc3o2)CC1)c1ccc([N+](=O)[O-])cc1. The molecule has 0 spiro atoms. The van der Waals surface area contributed by atoms with Crippen LogP contribution < -0.4 is 4.90 Å². The minimum Gasteiger partial charge on any atom is -0.451 e. The lowest BCUT2D eigenvalue weighted by molar-refractivity contribution is -0.384. The van der Waals surface area contributed by atoms with Gasteiger partial charge >= 0.3 is 0 Å². The Hall–Kier alpha value is -3.72. The number of rotatable bonds is 5. The van der Waals surface area contributed by atoms with Crippen LogP contribution >= 0.6 is 0 Å². The number of amides is 2. The Morgan fingerprint density at radius 2 is 1.74 bits per heavy atom. The fraction of sp³-hybridized carbons (Fsp3) is 0.273. The van der Waals surface area contributed by atoms with E-state index in [1.165, 1.54) is 17.0 Å². The lowest BCUT2D eigenvalue weighted by Crippen LogP contribution is -2.51. The van der Waals surface area contributed by atoms with Crippen molar-refractivity contribution >= 4 is 34.2 Å². The van der Waals surface area contributed by atoms with E-state index in [1.807, 2.05) is 29.2 Å². The van der Waals surface area contributed by atoms with Gasteiger partial charge in [-0.25, -0.2) is 0 Å². The van der Waals surface area contributed by atoms with Gasteiger partial charge in [0, 0.05) is 56.4 Å². The summed E-state index contributed by atoms with van der Waals surface area (Å²) in [4.78, 5) is 40.9. The maximum absolute atomic E-state index is 12.8. The number of non-ortho nitro benzene ring substituents is 1. The van der Waals surface area contributed by atoms with Crippen molar-refractivity contribution in [3.8, 4) is 0 Å². The van der Waals surface area contributed by atoms with Gasteiger partial charge in [0.25, 0.3) is 11.6 Å². The molecule has 1 saturated heterocycles. The molecule has 0 bridgehead atoms. The summed E-state index contributed by atoms with van der Waals surface area (Å²) in [5.74, 6) is 0.0553. The number of nitro benzene ring substituents is 1. The van der Waals surface area contributed by atoms with E-state index in [0.29, 0.717) is 43.2 Å². The van der Waals surface area contributed by atoms with E-state index >= 15 is 0 Å². The predicted octanol–water partition coefficient (Wildman–Crippen LogP) is 2.76. The van der Waals surface area contributed by atoms with Crippen molar-refractivity contribution in [2.24, 2.45) is 0 Å². The average Bonchev–Trinajstić information content (AvgIpc) is 3.23. The molecule has 3 aromatic rings. The predicted molar refractivity (Wildman–Crippen MR) is 115 cm³/mol. The summed E-state index contributed by atoms with van der Waals surface area (Å²) in [7, 11) is 1.64. The van der Waals surface area contributed by atoms with E-state index in [0.717, 1.165) is 5.39 Å². The number of nitro groups is 1. The fourth-order valence-electron chi connectivity index (χ4n) is 3.59. The van der Waals surface area contributed by atoms with Gasteiger partial charge in [0.05, 0.1) is 11.5 Å². The molecule has 9 heteroatoms. The number of likely N-dealkylation sites (N-methyl/N-ethyl adjacent to an activating group) is 1. The molecule has 0 saturated carbocycles. The Labute approximate surface area is 178 Å². The van der Waals surface area contributed by atoms with Gasteiger partial charge in [-0.15, -0.1) is 0 Å². The molecule has 0 N–H and O–H groups in total. The Kier molecular flexibility index (Phi) is 5.68. The van der Waals surface area contributed by atoms with E-state index in [1.54, 1.807) is 30.1 Å². The molecule has 1 aromatic heterocycles. The van der Waals surface area contributed by atoms with Gasteiger partial charge in [-0.3, -0.25) is 24.6 Å². The Balaban J connectivity index is 1.31. The molecule has 0 aliphatic carbocycles. The van der Waals surface area contributed by atoms with Gasteiger partial charge in [-0.2, -0.15) is 0 Å². The molecule has 160 valence electrons. The maximum atomic E-state index is 12.8. The van der Waals surface area contributed by atoms with Crippen molar-refractivity contribution in [3.63, 3.8) is 0 Å². The highest BCUT2D eigenvalue weighted by Crippen LogP contribution is 2.21. The molecule has 31 heavy (non-hydrogen) atoms. The van der Waals surface area contributed by atoms with Gasteiger partial charge < -0.3 is 14.2 Å². The molecule has 1 aliphatic rings. The highest BCUT2D eigenvalue weighted by molar-refractivity contribution is 5.96. The van der Waals surface area contributed by atoms with E-state index in [2.05, 4.69) is 0 Å². The number of furan rings is 1. The molecule has 0 radical (unpaired) electrons. The summed E-state index contributed by atoms with van der Waals surface area (Å²) in [6.07, 6.45) is 0. The van der Waals surface area contributed by atoms with Crippen LogP contribution in [0.2, 0.25) is 0 Å². The number of para-hydroxylation sites is 1. The monoisotopic (exact) mass is 422 g/mol. The molecule has 1 fully saturated rings. The molecule has 0 unspecified atom stereocenters. The van der Waals surface area contributed by atoms with Crippen molar-refractivity contribution in [1.29, 1.82) is 0 Å². The van der Waals surface area contributed by atoms with Crippen molar-refractivity contribution in [1.82, 2.24) is 9.80 Å². The number of nitrogens with zero attached hydrogens (tertiary/aromatic N) is 4. The van der Waals surface area contributed by atoms with Crippen LogP contribution in [0.25, 0.3) is 11.0 Å². The average molecular weight is 422 g/mol. The number of carbonyl (C=O) groups excluding carboxylic acids is 2. The Morgan fingerprint density at radius 3 is 2.39 bits per heavy atom. The minimum atomic E-state index is -0.474. The number of hydrogen-bond donors (Lipinski definition) is 0. The number of carbonyl (C=O) groups is 2. The maximum Gasteiger partial charge on any atom is 0.289 e. The quantitative estimate of drug-likeness (QED) is 0.463. The van der Waals surface area contributed by atoms with Gasteiger partial charge in [0.2, 0.25) is 5.91 Å². The van der Waals surface area contributed by atoms with Crippen molar-refractivity contribution in [2.45, 2.75) is 0 Å². The van der Waals surface area contributed by atoms with Crippen LogP contribution in [0, 0.1) is 10.1 Å². The zero-order chi connectivity index (χ0) is 22.0. The molecule has 0 atom stereocenters. The second-order valence-corrected chi connectivity index (χ2v) is 7.44. The highest BCUT2D eigenvalue weighted by Gasteiger charge is 2.26. The largest absolute Gasteiger partial charge is 0.451 e. The number of benzene rings is 2. The third-order valence-corrected chi connectivity index (χ3v) is 5.48. The first-order valence-electron chi connectivity index (χ1n) is 9.93. The van der Waals surface area contributed by atoms with Crippen molar-refractivity contribution in [3.05, 3.63) is 70.5 Å². The summed E-state index contributed by atoms with van der Waals surface area (Å²) < 4.78 is 5.67. The van der Waals surface area contributed by atoms with Crippen molar-refractivity contribution < 1.29 is 18.9 Å². The second-order valence-electron chi connectivity index (χ2n) is 7.44. The van der Waals surface area contributed by atoms with Gasteiger partial charge in [0.15, 0.2) is 5.76 Å². The standard InChI is InChI=1S/C22H22N4O5/c1-23(17-6-8-18(9-7-17)26(29)30)21(27)15-24-10-12-25(13-11-24)22(28)20-14-16-4-2-3-5-19(16)31-20/h2-9,14H,10-13,15H2,1H3. The van der Waals surface area contributed by atoms with Gasteiger partial charge in [-0.05, 0) is 24.3 Å². The first-order valence-corrected chi connectivity index (χ1v) is 9.93. The van der Waals surface area contributed by atoms with Crippen LogP contribution in [-0.2, 0) is 4.79 Å². The molecular weight excluding hydrogens is 400 g/mol. The number of fused-ring (bicyclic) bond motifs is 1. The zero-order valence-electron chi connectivity index (χ0n) is 17.1. The molecular formula is C22H22N4O5. The first kappa shape index (κ1) is 20.5. The summed E-state index contributed by atoms with van der Waals surface area (Å²) in [6, 6.07) is 15.1. The zero-order valence-corrected chi connectivity index (χ0v) is 17.1. The van der Waals surface area contributed by atoms with Gasteiger partial charge in [-0.1, -0.05) is 18.2 Å². The number of piperazine rings is 1. The number of anilines is 1. The Bertz CT molecular complexity index is 1080. The third kappa shape index (κ3) is 4.41. The van der Waals surface area contributed by atoms with Gasteiger partial charge in [0.1, 0.15) is 5.58 Å². The fourth-order valence-corrected chi connectivity index (χ4v) is 3.59. The minimum absolute atomic E-state index is 0.0187. The van der Waals surface area contributed by atoms with E-state index in [4.69, 9.17) is 4.42 Å². The molecule has 9 nitrogen and oxygen atoms in total. The Morgan fingerprint density at radius 1 is 1.06 bits per heavy atom. The first-order chi connectivity index (χ1) is 14.9. The van der Waals surface area contributed by atoms with Crippen LogP contribution in [0.3, 0.4) is 0 Å². The summed E-state index contributed by atoms with van der Waals surface area (Å²) in [5.41, 5.74) is 1.26. The molecule has 2 heterocycles. The smallest absolute Gasteiger partial charge is 0.289 e. The molecule has 1 aliphatic heterocycles. The van der Waals surface area contributed by atoms with E-state index < -0.39 is 4.92 Å². The van der Waals surface area contributed by atoms with E-state index in [-0.39, 0.29) is 24.0 Å². The second kappa shape index (κ2) is 8.57. The summed E-state index contributed by atoms with van der Waals surface area (Å²) in [5, 5.41) is 11.7. The topological polar surface area (TPSA) is 100 Å². The van der Waals surface area contributed by atoms with Crippen molar-refractivity contribution in [2.75, 3.05) is 44.7 Å². The molecule has 2 aromatic carbocycles. The summed E-state index contributed by atoms with van der Waals surface area (Å²) >= 11 is 0. The van der Waals surface area contributed by atoms with Crippen LogP contribution in [0.5, 0.6) is 0 Å². The third-order valence-electron chi connectivity index (χ3n) is 5.48. The summed E-state index contributed by atoms with van der Waals surface area (Å²) in [6.45, 7) is 2.37. The number of hydrogen-bond acceptors (Lipinski definition) is 6. The normalized spacial score (nSPS) is 14.5. The lowest BCUT2D eigenvalue weighted by Gasteiger charge is -2.34. The molecule has 2 amide bonds. The van der Waals surface area contributed by atoms with Crippen LogP contribution in [-0.4, -0.2) is 66.3 Å². The van der Waals surface area contributed by atoms with Crippen LogP contribution in [0.1, 0.15) is 10.6 Å². The molecule has 4 rings (SSSR count). The lowest BCUT2D eigenvalue weighted by atomic mass is 10.2. The van der Waals surface area contributed by atoms with E-state index in [9.17, 15) is 19.7 Å².